The van der Waals surface area contributed by atoms with Gasteiger partial charge in [0, 0.05) is 36.4 Å². The van der Waals surface area contributed by atoms with Crippen LogP contribution in [0.4, 0.5) is 11.4 Å². The molecule has 1 aliphatic heterocycles. The van der Waals surface area contributed by atoms with Gasteiger partial charge in [0.25, 0.3) is 5.69 Å². The quantitative estimate of drug-likeness (QED) is 0.526. The third kappa shape index (κ3) is 1.55. The van der Waals surface area contributed by atoms with E-state index in [-0.39, 0.29) is 10.6 Å². The van der Waals surface area contributed by atoms with Crippen molar-refractivity contribution >= 4 is 23.1 Å². The van der Waals surface area contributed by atoms with Crippen molar-refractivity contribution in [2.75, 3.05) is 24.2 Å². The molecule has 0 aromatic heterocycles. The van der Waals surface area contributed by atoms with Gasteiger partial charge in [-0.3, -0.25) is 10.1 Å². The van der Waals surface area contributed by atoms with Gasteiger partial charge >= 0.3 is 0 Å². The molecular formula is C9H10N2O2S. The molecule has 1 aliphatic rings. The lowest BCUT2D eigenvalue weighted by Crippen LogP contribution is -2.24. The number of anilines is 1. The van der Waals surface area contributed by atoms with Crippen LogP contribution in [0.3, 0.4) is 0 Å². The van der Waals surface area contributed by atoms with Gasteiger partial charge in [0.1, 0.15) is 0 Å². The highest BCUT2D eigenvalue weighted by Crippen LogP contribution is 2.36. The van der Waals surface area contributed by atoms with Crippen molar-refractivity contribution in [1.82, 2.24) is 0 Å². The van der Waals surface area contributed by atoms with Crippen molar-refractivity contribution in [3.05, 3.63) is 28.3 Å². The summed E-state index contributed by atoms with van der Waals surface area (Å²) in [5, 5.41) is 10.6. The molecular weight excluding hydrogens is 200 g/mol. The van der Waals surface area contributed by atoms with Crippen molar-refractivity contribution in [2.45, 2.75) is 4.90 Å². The van der Waals surface area contributed by atoms with Crippen molar-refractivity contribution in [3.8, 4) is 0 Å². The molecule has 4 nitrogen and oxygen atoms in total. The molecule has 1 aromatic rings. The van der Waals surface area contributed by atoms with Crippen LogP contribution in [-0.4, -0.2) is 24.3 Å². The number of non-ortho nitro benzene ring substituents is 1. The average molecular weight is 210 g/mol. The summed E-state index contributed by atoms with van der Waals surface area (Å²) < 4.78 is 0. The Kier molecular flexibility index (Phi) is 2.33. The Morgan fingerprint density at radius 2 is 2.36 bits per heavy atom. The number of hydrogen-bond acceptors (Lipinski definition) is 4. The third-order valence-corrected chi connectivity index (χ3v) is 3.29. The molecule has 0 radical (unpaired) electrons. The zero-order valence-corrected chi connectivity index (χ0v) is 8.58. The molecule has 74 valence electrons. The van der Waals surface area contributed by atoms with E-state index in [0.29, 0.717) is 0 Å². The Balaban J connectivity index is 2.45. The number of nitro groups is 1. The molecule has 1 heterocycles. The van der Waals surface area contributed by atoms with Crippen LogP contribution in [0.25, 0.3) is 0 Å². The van der Waals surface area contributed by atoms with Gasteiger partial charge in [0.15, 0.2) is 0 Å². The van der Waals surface area contributed by atoms with Crippen LogP contribution in [0.15, 0.2) is 23.1 Å². The maximum absolute atomic E-state index is 10.6. The smallest absolute Gasteiger partial charge is 0.271 e. The first-order valence-electron chi connectivity index (χ1n) is 4.31. The van der Waals surface area contributed by atoms with E-state index in [2.05, 4.69) is 4.90 Å². The fourth-order valence-electron chi connectivity index (χ4n) is 1.45. The van der Waals surface area contributed by atoms with E-state index in [1.54, 1.807) is 23.9 Å². The summed E-state index contributed by atoms with van der Waals surface area (Å²) >= 11 is 1.75. The van der Waals surface area contributed by atoms with E-state index in [4.69, 9.17) is 0 Å². The van der Waals surface area contributed by atoms with Crippen molar-refractivity contribution in [3.63, 3.8) is 0 Å². The van der Waals surface area contributed by atoms with Gasteiger partial charge in [0.05, 0.1) is 10.6 Å². The topological polar surface area (TPSA) is 46.4 Å². The molecule has 0 spiro atoms. The monoisotopic (exact) mass is 210 g/mol. The highest BCUT2D eigenvalue weighted by molar-refractivity contribution is 7.99. The predicted molar refractivity (Wildman–Crippen MR) is 57.1 cm³/mol. The standard InChI is InChI=1S/C9H10N2O2S/c1-10-4-5-14-9-3-2-7(11(12)13)6-8(9)10/h2-3,6H,4-5H2,1H3. The first-order valence-corrected chi connectivity index (χ1v) is 5.29. The van der Waals surface area contributed by atoms with Gasteiger partial charge in [-0.05, 0) is 6.07 Å². The Labute approximate surface area is 86.1 Å². The number of nitro benzene ring substituents is 1. The van der Waals surface area contributed by atoms with E-state index < -0.39 is 0 Å². The Bertz CT molecular complexity index is 381. The zero-order valence-electron chi connectivity index (χ0n) is 7.77. The molecule has 0 bridgehead atoms. The van der Waals surface area contributed by atoms with Gasteiger partial charge in [-0.25, -0.2) is 0 Å². The molecule has 1 aromatic carbocycles. The van der Waals surface area contributed by atoms with Crippen molar-refractivity contribution < 1.29 is 4.92 Å². The van der Waals surface area contributed by atoms with Crippen LogP contribution in [0, 0.1) is 10.1 Å². The number of benzene rings is 1. The number of thioether (sulfide) groups is 1. The van der Waals surface area contributed by atoms with E-state index in [1.807, 2.05) is 13.1 Å². The predicted octanol–water partition coefficient (Wildman–Crippen LogP) is 2.14. The van der Waals surface area contributed by atoms with Gasteiger partial charge in [-0.15, -0.1) is 11.8 Å². The lowest BCUT2D eigenvalue weighted by atomic mass is 10.2. The first-order chi connectivity index (χ1) is 6.68. The average Bonchev–Trinajstić information content (AvgIpc) is 2.18. The van der Waals surface area contributed by atoms with Gasteiger partial charge in [-0.1, -0.05) is 0 Å². The lowest BCUT2D eigenvalue weighted by Gasteiger charge is -2.26. The van der Waals surface area contributed by atoms with E-state index in [1.165, 1.54) is 0 Å². The number of rotatable bonds is 1. The summed E-state index contributed by atoms with van der Waals surface area (Å²) in [6, 6.07) is 5.03. The fraction of sp³-hybridized carbons (Fsp3) is 0.333. The minimum absolute atomic E-state index is 0.165. The molecule has 14 heavy (non-hydrogen) atoms. The maximum Gasteiger partial charge on any atom is 0.271 e. The number of nitrogens with zero attached hydrogens (tertiary/aromatic N) is 2. The summed E-state index contributed by atoms with van der Waals surface area (Å²) in [5.41, 5.74) is 1.13. The second kappa shape index (κ2) is 3.49. The van der Waals surface area contributed by atoms with Crippen LogP contribution < -0.4 is 4.90 Å². The molecule has 0 saturated heterocycles. The normalized spacial score (nSPS) is 15.1. The maximum atomic E-state index is 10.6. The Morgan fingerprint density at radius 3 is 3.07 bits per heavy atom. The van der Waals surface area contributed by atoms with Crippen LogP contribution in [0.5, 0.6) is 0 Å². The summed E-state index contributed by atoms with van der Waals surface area (Å²) in [7, 11) is 1.96. The van der Waals surface area contributed by atoms with Crippen LogP contribution in [-0.2, 0) is 0 Å². The molecule has 0 amide bonds. The molecule has 5 heteroatoms. The molecule has 0 N–H and O–H groups in total. The molecule has 0 atom stereocenters. The van der Waals surface area contributed by atoms with Crippen molar-refractivity contribution in [2.24, 2.45) is 0 Å². The second-order valence-electron chi connectivity index (χ2n) is 3.18. The minimum atomic E-state index is -0.354. The molecule has 2 rings (SSSR count). The third-order valence-electron chi connectivity index (χ3n) is 2.25. The molecule has 0 saturated carbocycles. The summed E-state index contributed by atoms with van der Waals surface area (Å²) in [6.07, 6.45) is 0. The first kappa shape index (κ1) is 9.33. The van der Waals surface area contributed by atoms with Crippen LogP contribution in [0.1, 0.15) is 0 Å². The van der Waals surface area contributed by atoms with E-state index >= 15 is 0 Å². The number of fused-ring (bicyclic) bond motifs is 1. The van der Waals surface area contributed by atoms with E-state index in [0.717, 1.165) is 22.9 Å². The largest absolute Gasteiger partial charge is 0.373 e. The Hall–Kier alpha value is -1.23. The van der Waals surface area contributed by atoms with Gasteiger partial charge < -0.3 is 4.90 Å². The minimum Gasteiger partial charge on any atom is -0.373 e. The SMILES string of the molecule is CN1CCSc2ccc([N+](=O)[O-])cc21. The number of hydrogen-bond donors (Lipinski definition) is 0. The highest BCUT2D eigenvalue weighted by Gasteiger charge is 2.17. The summed E-state index contributed by atoms with van der Waals surface area (Å²) in [6.45, 7) is 0.943. The molecule has 0 aliphatic carbocycles. The second-order valence-corrected chi connectivity index (χ2v) is 4.32. The summed E-state index contributed by atoms with van der Waals surface area (Å²) in [4.78, 5) is 13.4. The van der Waals surface area contributed by atoms with Gasteiger partial charge in [0.2, 0.25) is 0 Å². The fourth-order valence-corrected chi connectivity index (χ4v) is 2.56. The highest BCUT2D eigenvalue weighted by atomic mass is 32.2. The lowest BCUT2D eigenvalue weighted by molar-refractivity contribution is -0.384. The van der Waals surface area contributed by atoms with Crippen molar-refractivity contribution in [1.29, 1.82) is 0 Å². The summed E-state index contributed by atoms with van der Waals surface area (Å²) in [5.74, 6) is 1.04. The van der Waals surface area contributed by atoms with Gasteiger partial charge in [-0.2, -0.15) is 0 Å². The van der Waals surface area contributed by atoms with E-state index in [9.17, 15) is 10.1 Å². The van der Waals surface area contributed by atoms with Crippen LogP contribution >= 0.6 is 11.8 Å². The van der Waals surface area contributed by atoms with Crippen LogP contribution in [0.2, 0.25) is 0 Å². The molecule has 0 unspecified atom stereocenters. The molecule has 0 fully saturated rings. The Morgan fingerprint density at radius 1 is 1.57 bits per heavy atom. The zero-order chi connectivity index (χ0) is 10.1.